The van der Waals surface area contributed by atoms with Gasteiger partial charge >= 0.3 is 0 Å². The molecule has 2 aromatic rings. The summed E-state index contributed by atoms with van der Waals surface area (Å²) in [5, 5.41) is 8.60. The molecule has 0 heterocycles. The number of methoxy groups -OCH3 is 1. The molecule has 2 unspecified atom stereocenters. The summed E-state index contributed by atoms with van der Waals surface area (Å²) in [7, 11) is 0.0441. The Morgan fingerprint density at radius 2 is 1.61 bits per heavy atom. The topological polar surface area (TPSA) is 140 Å². The molecule has 2 aromatic carbocycles. The highest BCUT2D eigenvalue weighted by Crippen LogP contribution is 2.20. The van der Waals surface area contributed by atoms with Gasteiger partial charge in [-0.2, -0.15) is 0 Å². The highest BCUT2D eigenvalue weighted by atomic mass is 28.3. The number of carbonyl (C=O) groups excluding carboxylic acids is 4. The van der Waals surface area contributed by atoms with Crippen LogP contribution in [0.4, 0.5) is 5.69 Å². The molecule has 4 amide bonds. The number of imide groups is 1. The molecule has 33 heavy (non-hydrogen) atoms. The summed E-state index contributed by atoms with van der Waals surface area (Å²) in [5.74, 6) is -1.26. The Bertz CT molecular complexity index is 987. The lowest BCUT2D eigenvalue weighted by Crippen LogP contribution is -2.45. The number of benzene rings is 2. The maximum Gasteiger partial charge on any atom is 0.251 e. The number of hydrogen-bond acceptors (Lipinski definition) is 6. The molecule has 0 fully saturated rings. The molecular formula is C23H30N4O5Si. The number of anilines is 1. The average molecular weight is 471 g/mol. The Hall–Kier alpha value is -3.50. The number of carbonyl (C=O) groups is 4. The lowest BCUT2D eigenvalue weighted by atomic mass is 10.0. The van der Waals surface area contributed by atoms with Gasteiger partial charge in [0.2, 0.25) is 18.2 Å². The van der Waals surface area contributed by atoms with Gasteiger partial charge in [0, 0.05) is 5.69 Å². The molecule has 2 atom stereocenters. The van der Waals surface area contributed by atoms with E-state index in [2.05, 4.69) is 30.3 Å². The Morgan fingerprint density at radius 3 is 2.12 bits per heavy atom. The van der Waals surface area contributed by atoms with Gasteiger partial charge in [-0.1, -0.05) is 49.1 Å². The van der Waals surface area contributed by atoms with E-state index in [0.29, 0.717) is 17.0 Å². The molecule has 0 saturated carbocycles. The average Bonchev–Trinajstić information content (AvgIpc) is 2.77. The maximum atomic E-state index is 13.1. The zero-order chi connectivity index (χ0) is 24.6. The van der Waals surface area contributed by atoms with Crippen LogP contribution in [0.2, 0.25) is 19.6 Å². The number of nitrogens with two attached hydrogens (primary N) is 1. The maximum absolute atomic E-state index is 13.1. The van der Waals surface area contributed by atoms with Gasteiger partial charge in [0.05, 0.1) is 27.6 Å². The molecule has 0 radical (unpaired) electrons. The molecule has 5 N–H and O–H groups in total. The summed E-state index contributed by atoms with van der Waals surface area (Å²) >= 11 is 0. The standard InChI is InChI=1S/C23H30N4O5Si/c1-32-17-9-5-15(6-10-17)21(27-20(29)13-19(24)22(30)25-14-28)23(31)26-16-7-11-18(12-8-16)33(2,3)4/h5-12,14,19,21H,13,24H2,1-4H3,(H,26,31)(H,27,29)(H,25,28,30). The van der Waals surface area contributed by atoms with Gasteiger partial charge in [0.15, 0.2) is 0 Å². The van der Waals surface area contributed by atoms with Crippen molar-refractivity contribution in [3.05, 3.63) is 54.1 Å². The second-order valence-corrected chi connectivity index (χ2v) is 13.6. The summed E-state index contributed by atoms with van der Waals surface area (Å²) in [6.45, 7) is 6.70. The van der Waals surface area contributed by atoms with Crippen LogP contribution in [-0.4, -0.2) is 45.4 Å². The molecule has 176 valence electrons. The van der Waals surface area contributed by atoms with E-state index in [-0.39, 0.29) is 6.41 Å². The third-order valence-corrected chi connectivity index (χ3v) is 7.04. The number of hydrogen-bond donors (Lipinski definition) is 4. The zero-order valence-electron chi connectivity index (χ0n) is 19.2. The van der Waals surface area contributed by atoms with E-state index in [1.54, 1.807) is 24.3 Å². The molecule has 9 nitrogen and oxygen atoms in total. The summed E-state index contributed by atoms with van der Waals surface area (Å²) in [6.07, 6.45) is -0.203. The van der Waals surface area contributed by atoms with Gasteiger partial charge in [0.25, 0.3) is 5.91 Å². The zero-order valence-corrected chi connectivity index (χ0v) is 20.2. The minimum atomic E-state index is -1.48. The van der Waals surface area contributed by atoms with E-state index in [9.17, 15) is 19.2 Å². The van der Waals surface area contributed by atoms with Crippen LogP contribution in [-0.2, 0) is 19.2 Å². The first-order chi connectivity index (χ1) is 15.5. The number of amides is 4. The third-order valence-electron chi connectivity index (χ3n) is 4.98. The van der Waals surface area contributed by atoms with Crippen LogP contribution < -0.4 is 31.6 Å². The van der Waals surface area contributed by atoms with Crippen LogP contribution in [0.3, 0.4) is 0 Å². The summed E-state index contributed by atoms with van der Waals surface area (Å²) in [5.41, 5.74) is 6.77. The van der Waals surface area contributed by atoms with Crippen LogP contribution >= 0.6 is 0 Å². The van der Waals surface area contributed by atoms with Crippen molar-refractivity contribution in [2.75, 3.05) is 12.4 Å². The fourth-order valence-corrected chi connectivity index (χ4v) is 4.21. The van der Waals surface area contributed by atoms with E-state index in [1.165, 1.54) is 12.3 Å². The molecule has 0 bridgehead atoms. The van der Waals surface area contributed by atoms with Crippen LogP contribution in [0.25, 0.3) is 0 Å². The SMILES string of the molecule is COc1ccc(C(NC(=O)CC(N)C(=O)NC=O)C(=O)Nc2ccc([Si](C)(C)C)cc2)cc1. The third kappa shape index (κ3) is 7.54. The van der Waals surface area contributed by atoms with Crippen molar-refractivity contribution in [3.63, 3.8) is 0 Å². The smallest absolute Gasteiger partial charge is 0.251 e. The second-order valence-electron chi connectivity index (χ2n) is 8.53. The molecule has 2 rings (SSSR count). The van der Waals surface area contributed by atoms with Crippen molar-refractivity contribution in [2.45, 2.75) is 38.1 Å². The van der Waals surface area contributed by atoms with Gasteiger partial charge in [0.1, 0.15) is 11.8 Å². The molecule has 0 saturated heterocycles. The second kappa shape index (κ2) is 11.4. The fourth-order valence-electron chi connectivity index (χ4n) is 3.04. The van der Waals surface area contributed by atoms with Crippen molar-refractivity contribution in [2.24, 2.45) is 5.73 Å². The van der Waals surface area contributed by atoms with E-state index < -0.39 is 44.3 Å². The van der Waals surface area contributed by atoms with Gasteiger partial charge in [-0.05, 0) is 29.8 Å². The summed E-state index contributed by atoms with van der Waals surface area (Å²) in [6, 6.07) is 12.1. The normalized spacial score (nSPS) is 12.8. The predicted molar refractivity (Wildman–Crippen MR) is 129 cm³/mol. The largest absolute Gasteiger partial charge is 0.497 e. The first-order valence-electron chi connectivity index (χ1n) is 10.4. The van der Waals surface area contributed by atoms with Gasteiger partial charge in [-0.25, -0.2) is 0 Å². The highest BCUT2D eigenvalue weighted by molar-refractivity contribution is 6.88. The minimum Gasteiger partial charge on any atom is -0.497 e. The Kier molecular flexibility index (Phi) is 8.89. The van der Waals surface area contributed by atoms with Crippen molar-refractivity contribution in [3.8, 4) is 5.75 Å². The van der Waals surface area contributed by atoms with E-state index in [1.807, 2.05) is 29.6 Å². The molecule has 0 aliphatic heterocycles. The molecule has 0 aromatic heterocycles. The van der Waals surface area contributed by atoms with Crippen LogP contribution in [0.15, 0.2) is 48.5 Å². The molecule has 0 aliphatic rings. The van der Waals surface area contributed by atoms with Crippen molar-refractivity contribution in [1.29, 1.82) is 0 Å². The van der Waals surface area contributed by atoms with Crippen LogP contribution in [0, 0.1) is 0 Å². The number of rotatable bonds is 10. The Morgan fingerprint density at radius 1 is 1.00 bits per heavy atom. The number of ether oxygens (including phenoxy) is 1. The highest BCUT2D eigenvalue weighted by Gasteiger charge is 2.26. The quantitative estimate of drug-likeness (QED) is 0.302. The molecule has 0 spiro atoms. The van der Waals surface area contributed by atoms with E-state index >= 15 is 0 Å². The molecular weight excluding hydrogens is 440 g/mol. The predicted octanol–water partition coefficient (Wildman–Crippen LogP) is 1.03. The first-order valence-corrected chi connectivity index (χ1v) is 13.9. The van der Waals surface area contributed by atoms with Crippen LogP contribution in [0.1, 0.15) is 18.0 Å². The van der Waals surface area contributed by atoms with E-state index in [0.717, 1.165) is 0 Å². The van der Waals surface area contributed by atoms with E-state index in [4.69, 9.17) is 10.5 Å². The first kappa shape index (κ1) is 25.8. The van der Waals surface area contributed by atoms with Gasteiger partial charge < -0.3 is 21.1 Å². The van der Waals surface area contributed by atoms with Crippen LogP contribution in [0.5, 0.6) is 5.75 Å². The lowest BCUT2D eigenvalue weighted by Gasteiger charge is -2.21. The lowest BCUT2D eigenvalue weighted by molar-refractivity contribution is -0.131. The van der Waals surface area contributed by atoms with Crippen molar-refractivity contribution < 1.29 is 23.9 Å². The minimum absolute atomic E-state index is 0.196. The van der Waals surface area contributed by atoms with Crippen molar-refractivity contribution in [1.82, 2.24) is 10.6 Å². The number of nitrogens with one attached hydrogen (secondary N) is 3. The molecule has 10 heteroatoms. The fraction of sp³-hybridized carbons (Fsp3) is 0.304. The van der Waals surface area contributed by atoms with Gasteiger partial charge in [-0.3, -0.25) is 24.5 Å². The summed E-state index contributed by atoms with van der Waals surface area (Å²) < 4.78 is 5.15. The monoisotopic (exact) mass is 470 g/mol. The Balaban J connectivity index is 2.20. The van der Waals surface area contributed by atoms with Gasteiger partial charge in [-0.15, -0.1) is 0 Å². The summed E-state index contributed by atoms with van der Waals surface area (Å²) in [4.78, 5) is 47.7. The molecule has 0 aliphatic carbocycles. The van der Waals surface area contributed by atoms with Crippen molar-refractivity contribution >= 4 is 43.1 Å². The Labute approximate surface area is 194 Å².